The molecule has 0 bridgehead atoms. The highest BCUT2D eigenvalue weighted by atomic mass is 79.9. The van der Waals surface area contributed by atoms with Crippen LogP contribution in [0.3, 0.4) is 0 Å². The summed E-state index contributed by atoms with van der Waals surface area (Å²) < 4.78 is 5.13. The number of rotatable bonds is 3. The van der Waals surface area contributed by atoms with Crippen molar-refractivity contribution in [1.82, 2.24) is 14.3 Å². The van der Waals surface area contributed by atoms with Gasteiger partial charge in [-0.2, -0.15) is 4.37 Å². The largest absolute Gasteiger partial charge is 0.365 e. The molecule has 0 saturated heterocycles. The third-order valence-electron chi connectivity index (χ3n) is 1.99. The molecule has 0 fully saturated rings. The molecule has 0 aliphatic carbocycles. The van der Waals surface area contributed by atoms with E-state index in [9.17, 15) is 0 Å². The number of halogens is 1. The third kappa shape index (κ3) is 2.76. The lowest BCUT2D eigenvalue weighted by Gasteiger charge is -2.05. The van der Waals surface area contributed by atoms with Crippen molar-refractivity contribution in [3.05, 3.63) is 33.1 Å². The monoisotopic (exact) mass is 298 g/mol. The molecule has 2 aromatic rings. The number of hydrogen-bond acceptors (Lipinski definition) is 5. The minimum absolute atomic E-state index is 0.723. The van der Waals surface area contributed by atoms with Gasteiger partial charge in [0.1, 0.15) is 11.6 Å². The summed E-state index contributed by atoms with van der Waals surface area (Å²) in [6.45, 7) is 4.57. The number of nitrogens with zero attached hydrogens (tertiary/aromatic N) is 3. The summed E-state index contributed by atoms with van der Waals surface area (Å²) >= 11 is 4.92. The van der Waals surface area contributed by atoms with Crippen LogP contribution in [-0.2, 0) is 6.54 Å². The molecule has 0 unspecified atom stereocenters. The second kappa shape index (κ2) is 4.88. The lowest BCUT2D eigenvalue weighted by atomic mass is 10.4. The first-order valence-electron chi connectivity index (χ1n) is 4.80. The van der Waals surface area contributed by atoms with Gasteiger partial charge < -0.3 is 5.32 Å². The Kier molecular flexibility index (Phi) is 3.50. The van der Waals surface area contributed by atoms with E-state index in [0.29, 0.717) is 0 Å². The molecule has 0 atom stereocenters. The SMILES string of the molecule is Cc1cc(NCc2sncc2Br)nc(C)n1. The van der Waals surface area contributed by atoms with Gasteiger partial charge in [0.15, 0.2) is 0 Å². The van der Waals surface area contributed by atoms with Crippen molar-refractivity contribution in [1.29, 1.82) is 0 Å². The van der Waals surface area contributed by atoms with E-state index < -0.39 is 0 Å². The van der Waals surface area contributed by atoms with Gasteiger partial charge in [-0.3, -0.25) is 0 Å². The van der Waals surface area contributed by atoms with Crippen LogP contribution < -0.4 is 5.32 Å². The average molecular weight is 299 g/mol. The minimum atomic E-state index is 0.723. The molecule has 0 aromatic carbocycles. The van der Waals surface area contributed by atoms with Gasteiger partial charge in [-0.15, -0.1) is 0 Å². The third-order valence-corrected chi connectivity index (χ3v) is 3.73. The molecule has 0 aliphatic rings. The summed E-state index contributed by atoms with van der Waals surface area (Å²) in [5.74, 6) is 1.64. The Hall–Kier alpha value is -1.01. The molecular formula is C10H11BrN4S. The Morgan fingerprint density at radius 2 is 2.19 bits per heavy atom. The summed E-state index contributed by atoms with van der Waals surface area (Å²) in [4.78, 5) is 9.70. The number of aryl methyl sites for hydroxylation is 2. The van der Waals surface area contributed by atoms with Gasteiger partial charge in [0, 0.05) is 11.8 Å². The van der Waals surface area contributed by atoms with E-state index in [1.807, 2.05) is 19.9 Å². The molecule has 0 amide bonds. The second-order valence-corrected chi connectivity index (χ2v) is 5.13. The summed E-state index contributed by atoms with van der Waals surface area (Å²) in [7, 11) is 0. The highest BCUT2D eigenvalue weighted by Gasteiger charge is 2.03. The fourth-order valence-corrected chi connectivity index (χ4v) is 2.50. The van der Waals surface area contributed by atoms with Crippen molar-refractivity contribution >= 4 is 33.3 Å². The summed E-state index contributed by atoms with van der Waals surface area (Å²) in [5.41, 5.74) is 0.971. The van der Waals surface area contributed by atoms with Crippen LogP contribution in [0.5, 0.6) is 0 Å². The van der Waals surface area contributed by atoms with Gasteiger partial charge in [0.05, 0.1) is 22.1 Å². The molecule has 6 heteroatoms. The summed E-state index contributed by atoms with van der Waals surface area (Å²) in [5, 5.41) is 3.26. The first kappa shape index (κ1) is 11.5. The van der Waals surface area contributed by atoms with Crippen LogP contribution in [0, 0.1) is 13.8 Å². The Bertz CT molecular complexity index is 477. The number of anilines is 1. The van der Waals surface area contributed by atoms with Crippen molar-refractivity contribution in [2.45, 2.75) is 20.4 Å². The molecule has 0 saturated carbocycles. The van der Waals surface area contributed by atoms with Gasteiger partial charge in [-0.1, -0.05) is 0 Å². The quantitative estimate of drug-likeness (QED) is 0.946. The highest BCUT2D eigenvalue weighted by Crippen LogP contribution is 2.20. The van der Waals surface area contributed by atoms with E-state index in [0.717, 1.165) is 33.2 Å². The summed E-state index contributed by atoms with van der Waals surface area (Å²) in [6.07, 6.45) is 1.80. The molecule has 84 valence electrons. The van der Waals surface area contributed by atoms with Crippen molar-refractivity contribution < 1.29 is 0 Å². The zero-order valence-electron chi connectivity index (χ0n) is 8.99. The Labute approximate surface area is 106 Å². The maximum atomic E-state index is 4.31. The Morgan fingerprint density at radius 3 is 2.81 bits per heavy atom. The van der Waals surface area contributed by atoms with Crippen LogP contribution in [0.15, 0.2) is 16.7 Å². The molecule has 16 heavy (non-hydrogen) atoms. The normalized spacial score (nSPS) is 10.4. The Morgan fingerprint density at radius 1 is 1.38 bits per heavy atom. The smallest absolute Gasteiger partial charge is 0.130 e. The molecular weight excluding hydrogens is 288 g/mol. The number of nitrogens with one attached hydrogen (secondary N) is 1. The maximum absolute atomic E-state index is 4.31. The number of hydrogen-bond donors (Lipinski definition) is 1. The van der Waals surface area contributed by atoms with Gasteiger partial charge >= 0.3 is 0 Å². The van der Waals surface area contributed by atoms with Crippen LogP contribution in [0.25, 0.3) is 0 Å². The molecule has 4 nitrogen and oxygen atoms in total. The van der Waals surface area contributed by atoms with Gasteiger partial charge in [-0.05, 0) is 41.3 Å². The van der Waals surface area contributed by atoms with Gasteiger partial charge in [-0.25, -0.2) is 9.97 Å². The van der Waals surface area contributed by atoms with Gasteiger partial charge in [0.2, 0.25) is 0 Å². The fraction of sp³-hybridized carbons (Fsp3) is 0.300. The van der Waals surface area contributed by atoms with Crippen LogP contribution in [-0.4, -0.2) is 14.3 Å². The predicted molar refractivity (Wildman–Crippen MR) is 68.6 cm³/mol. The van der Waals surface area contributed by atoms with E-state index in [2.05, 4.69) is 35.6 Å². The fourth-order valence-electron chi connectivity index (χ4n) is 1.35. The first-order valence-corrected chi connectivity index (χ1v) is 6.37. The van der Waals surface area contributed by atoms with Crippen LogP contribution in [0.2, 0.25) is 0 Å². The van der Waals surface area contributed by atoms with E-state index in [-0.39, 0.29) is 0 Å². The average Bonchev–Trinajstić information content (AvgIpc) is 2.59. The zero-order chi connectivity index (χ0) is 11.5. The maximum Gasteiger partial charge on any atom is 0.130 e. The standard InChI is InChI=1S/C10H11BrN4S/c1-6-3-10(15-7(2)14-6)12-5-9-8(11)4-13-16-9/h3-4H,5H2,1-2H3,(H,12,14,15). The molecule has 1 N–H and O–H groups in total. The molecule has 0 spiro atoms. The molecule has 0 aliphatic heterocycles. The molecule has 2 heterocycles. The predicted octanol–water partition coefficient (Wildman–Crippen LogP) is 2.92. The van der Waals surface area contributed by atoms with E-state index in [4.69, 9.17) is 0 Å². The van der Waals surface area contributed by atoms with Crippen LogP contribution >= 0.6 is 27.5 Å². The van der Waals surface area contributed by atoms with Crippen molar-refractivity contribution in [2.24, 2.45) is 0 Å². The van der Waals surface area contributed by atoms with Crippen molar-refractivity contribution in [3.63, 3.8) is 0 Å². The summed E-state index contributed by atoms with van der Waals surface area (Å²) in [6, 6.07) is 1.93. The molecule has 2 aromatic heterocycles. The minimum Gasteiger partial charge on any atom is -0.365 e. The lowest BCUT2D eigenvalue weighted by Crippen LogP contribution is -2.03. The molecule has 2 rings (SSSR count). The van der Waals surface area contributed by atoms with Gasteiger partial charge in [0.25, 0.3) is 0 Å². The lowest BCUT2D eigenvalue weighted by molar-refractivity contribution is 0.995. The topological polar surface area (TPSA) is 50.7 Å². The van der Waals surface area contributed by atoms with E-state index in [1.165, 1.54) is 11.5 Å². The first-order chi connectivity index (χ1) is 7.65. The number of aromatic nitrogens is 3. The van der Waals surface area contributed by atoms with E-state index >= 15 is 0 Å². The second-order valence-electron chi connectivity index (χ2n) is 3.39. The van der Waals surface area contributed by atoms with Crippen molar-refractivity contribution in [2.75, 3.05) is 5.32 Å². The van der Waals surface area contributed by atoms with Crippen molar-refractivity contribution in [3.8, 4) is 0 Å². The zero-order valence-corrected chi connectivity index (χ0v) is 11.4. The highest BCUT2D eigenvalue weighted by molar-refractivity contribution is 9.10. The Balaban J connectivity index is 2.07. The van der Waals surface area contributed by atoms with E-state index in [1.54, 1.807) is 6.20 Å². The molecule has 0 radical (unpaired) electrons. The van der Waals surface area contributed by atoms with Crippen LogP contribution in [0.4, 0.5) is 5.82 Å². The van der Waals surface area contributed by atoms with Crippen LogP contribution in [0.1, 0.15) is 16.4 Å².